The van der Waals surface area contributed by atoms with Crippen LogP contribution in [0.25, 0.3) is 0 Å². The third-order valence-corrected chi connectivity index (χ3v) is 6.61. The average Bonchev–Trinajstić information content (AvgIpc) is 2.63. The Kier molecular flexibility index (Phi) is 3.72. The minimum absolute atomic E-state index is 0.689. The molecule has 5 aliphatic rings. The molecule has 0 N–H and O–H groups in total. The van der Waals surface area contributed by atoms with Gasteiger partial charge in [-0.15, -0.1) is 0 Å². The Morgan fingerprint density at radius 1 is 1.04 bits per heavy atom. The molecule has 2 nitrogen and oxygen atoms in total. The van der Waals surface area contributed by atoms with E-state index < -0.39 is 0 Å². The van der Waals surface area contributed by atoms with Gasteiger partial charge in [0, 0.05) is 43.4 Å². The van der Waals surface area contributed by atoms with E-state index in [1.807, 2.05) is 6.21 Å². The first-order chi connectivity index (χ1) is 11.9. The van der Waals surface area contributed by atoms with Gasteiger partial charge in [-0.25, -0.2) is 0 Å². The van der Waals surface area contributed by atoms with Crippen LogP contribution in [0.4, 0.5) is 0 Å². The molecule has 0 bridgehead atoms. The quantitative estimate of drug-likeness (QED) is 0.677. The fourth-order valence-corrected chi connectivity index (χ4v) is 5.58. The summed E-state index contributed by atoms with van der Waals surface area (Å²) in [6, 6.07) is 0. The van der Waals surface area contributed by atoms with E-state index in [1.165, 1.54) is 64.5 Å². The molecule has 126 valence electrons. The highest BCUT2D eigenvalue weighted by atomic mass is 15.2. The van der Waals surface area contributed by atoms with Crippen LogP contribution < -0.4 is 0 Å². The van der Waals surface area contributed by atoms with Crippen LogP contribution in [0.2, 0.25) is 0 Å². The molecule has 1 saturated carbocycles. The van der Waals surface area contributed by atoms with Gasteiger partial charge < -0.3 is 4.90 Å². The van der Waals surface area contributed by atoms with Crippen LogP contribution in [0, 0.1) is 11.8 Å². The zero-order valence-corrected chi connectivity index (χ0v) is 14.6. The minimum Gasteiger partial charge on any atom is -0.374 e. The number of rotatable bonds is 1. The van der Waals surface area contributed by atoms with Crippen molar-refractivity contribution in [2.45, 2.75) is 51.4 Å². The van der Waals surface area contributed by atoms with E-state index in [0.29, 0.717) is 5.92 Å². The van der Waals surface area contributed by atoms with Crippen molar-refractivity contribution in [2.24, 2.45) is 16.8 Å². The fourth-order valence-electron chi connectivity index (χ4n) is 5.58. The maximum Gasteiger partial charge on any atom is 0.0458 e. The lowest BCUT2D eigenvalue weighted by atomic mass is 9.75. The molecule has 3 heterocycles. The molecular weight excluding hydrogens is 292 g/mol. The van der Waals surface area contributed by atoms with Crippen LogP contribution >= 0.6 is 0 Å². The van der Waals surface area contributed by atoms with Gasteiger partial charge in [-0.2, -0.15) is 0 Å². The molecule has 2 heteroatoms. The van der Waals surface area contributed by atoms with Crippen molar-refractivity contribution < 1.29 is 0 Å². The van der Waals surface area contributed by atoms with E-state index in [2.05, 4.69) is 28.1 Å². The van der Waals surface area contributed by atoms with Gasteiger partial charge in [0.2, 0.25) is 0 Å². The molecule has 24 heavy (non-hydrogen) atoms. The van der Waals surface area contributed by atoms with Crippen LogP contribution in [0.3, 0.4) is 0 Å². The first-order valence-corrected chi connectivity index (χ1v) is 9.98. The second-order valence-electron chi connectivity index (χ2n) is 8.16. The molecule has 5 rings (SSSR count). The SMILES string of the molecule is C1=NCC2CCC/C(=C\C3=CC4=C5C(CCCN5CCC4)C3)C2=C1. The normalized spacial score (nSPS) is 33.8. The predicted octanol–water partition coefficient (Wildman–Crippen LogP) is 4.81. The summed E-state index contributed by atoms with van der Waals surface area (Å²) in [4.78, 5) is 7.18. The second-order valence-corrected chi connectivity index (χ2v) is 8.16. The van der Waals surface area contributed by atoms with Gasteiger partial charge in [0.25, 0.3) is 0 Å². The van der Waals surface area contributed by atoms with Crippen molar-refractivity contribution in [1.82, 2.24) is 4.90 Å². The molecule has 0 aromatic rings. The van der Waals surface area contributed by atoms with Gasteiger partial charge in [-0.1, -0.05) is 12.2 Å². The molecule has 0 aromatic carbocycles. The monoisotopic (exact) mass is 320 g/mol. The van der Waals surface area contributed by atoms with E-state index in [9.17, 15) is 0 Å². The smallest absolute Gasteiger partial charge is 0.0458 e. The molecule has 0 spiro atoms. The van der Waals surface area contributed by atoms with Crippen molar-refractivity contribution in [3.63, 3.8) is 0 Å². The maximum absolute atomic E-state index is 4.48. The molecule has 0 amide bonds. The number of nitrogens with zero attached hydrogens (tertiary/aromatic N) is 2. The number of fused-ring (bicyclic) bond motifs is 1. The third-order valence-electron chi connectivity index (χ3n) is 6.61. The zero-order chi connectivity index (χ0) is 15.9. The number of aliphatic imine (C=N–C) groups is 1. The third kappa shape index (κ3) is 2.51. The fraction of sp³-hybridized carbons (Fsp3) is 0.591. The van der Waals surface area contributed by atoms with Crippen molar-refractivity contribution in [2.75, 3.05) is 19.6 Å². The van der Waals surface area contributed by atoms with Gasteiger partial charge in [0.05, 0.1) is 0 Å². The van der Waals surface area contributed by atoms with Crippen LogP contribution in [-0.4, -0.2) is 30.7 Å². The molecule has 2 atom stereocenters. The summed E-state index contributed by atoms with van der Waals surface area (Å²) in [6.07, 6.45) is 20.0. The Balaban J connectivity index is 1.49. The zero-order valence-electron chi connectivity index (χ0n) is 14.6. The molecule has 0 radical (unpaired) electrons. The standard InChI is InChI=1S/C22H28N2/c1-4-17(21-8-9-23-15-20(21)5-1)12-16-13-18-6-2-10-24-11-3-7-19(14-16)22(18)24/h8-9,12-13,19-20H,1-7,10-11,14-15H2/b17-12+. The topological polar surface area (TPSA) is 15.6 Å². The lowest BCUT2D eigenvalue weighted by Gasteiger charge is -2.44. The van der Waals surface area contributed by atoms with Gasteiger partial charge >= 0.3 is 0 Å². The molecular formula is C22H28N2. The van der Waals surface area contributed by atoms with Crippen molar-refractivity contribution in [3.05, 3.63) is 46.2 Å². The number of piperidine rings is 1. The molecule has 3 aliphatic heterocycles. The summed E-state index contributed by atoms with van der Waals surface area (Å²) in [5.74, 6) is 1.49. The molecule has 0 aromatic heterocycles. The van der Waals surface area contributed by atoms with Crippen LogP contribution in [0.15, 0.2) is 51.2 Å². The Labute approximate surface area is 145 Å². The van der Waals surface area contributed by atoms with E-state index in [0.717, 1.165) is 12.5 Å². The molecule has 1 saturated heterocycles. The van der Waals surface area contributed by atoms with Gasteiger partial charge in [0.15, 0.2) is 0 Å². The van der Waals surface area contributed by atoms with Crippen LogP contribution in [-0.2, 0) is 0 Å². The lowest BCUT2D eigenvalue weighted by molar-refractivity contribution is 0.219. The first kappa shape index (κ1) is 14.7. The predicted molar refractivity (Wildman–Crippen MR) is 100 cm³/mol. The Morgan fingerprint density at radius 2 is 1.96 bits per heavy atom. The average molecular weight is 320 g/mol. The Hall–Kier alpha value is -1.57. The summed E-state index contributed by atoms with van der Waals surface area (Å²) >= 11 is 0. The van der Waals surface area contributed by atoms with Crippen molar-refractivity contribution in [1.29, 1.82) is 0 Å². The summed E-state index contributed by atoms with van der Waals surface area (Å²) in [5.41, 5.74) is 8.18. The lowest BCUT2D eigenvalue weighted by Crippen LogP contribution is -2.38. The van der Waals surface area contributed by atoms with Gasteiger partial charge in [-0.05, 0) is 79.7 Å². The van der Waals surface area contributed by atoms with Gasteiger partial charge in [-0.3, -0.25) is 4.99 Å². The summed E-state index contributed by atoms with van der Waals surface area (Å²) in [5, 5.41) is 0. The second kappa shape index (κ2) is 6.06. The number of allylic oxidation sites excluding steroid dienone is 7. The van der Waals surface area contributed by atoms with Gasteiger partial charge in [0.1, 0.15) is 0 Å². The highest BCUT2D eigenvalue weighted by molar-refractivity contribution is 5.75. The van der Waals surface area contributed by atoms with Crippen LogP contribution in [0.5, 0.6) is 0 Å². The summed E-state index contributed by atoms with van der Waals surface area (Å²) in [7, 11) is 0. The molecule has 2 unspecified atom stereocenters. The molecule has 2 fully saturated rings. The van der Waals surface area contributed by atoms with Crippen molar-refractivity contribution in [3.8, 4) is 0 Å². The number of hydrogen-bond donors (Lipinski definition) is 0. The van der Waals surface area contributed by atoms with E-state index in [4.69, 9.17) is 0 Å². The highest BCUT2D eigenvalue weighted by Crippen LogP contribution is 2.43. The maximum atomic E-state index is 4.48. The number of hydrogen-bond acceptors (Lipinski definition) is 2. The summed E-state index contributed by atoms with van der Waals surface area (Å²) in [6.45, 7) is 3.61. The van der Waals surface area contributed by atoms with Crippen LogP contribution in [0.1, 0.15) is 51.4 Å². The van der Waals surface area contributed by atoms with E-state index >= 15 is 0 Å². The Bertz CT molecular complexity index is 689. The van der Waals surface area contributed by atoms with E-state index in [1.54, 1.807) is 28.0 Å². The largest absolute Gasteiger partial charge is 0.374 e. The highest BCUT2D eigenvalue weighted by Gasteiger charge is 2.33. The minimum atomic E-state index is 0.689. The molecule has 2 aliphatic carbocycles. The van der Waals surface area contributed by atoms with E-state index in [-0.39, 0.29) is 0 Å². The first-order valence-electron chi connectivity index (χ1n) is 9.98. The Morgan fingerprint density at radius 3 is 2.96 bits per heavy atom. The van der Waals surface area contributed by atoms with Crippen molar-refractivity contribution >= 4 is 6.21 Å². The summed E-state index contributed by atoms with van der Waals surface area (Å²) < 4.78 is 0. The number of dihydropyridines is 1.